The van der Waals surface area contributed by atoms with E-state index in [-0.39, 0.29) is 10.7 Å². The summed E-state index contributed by atoms with van der Waals surface area (Å²) in [5.41, 5.74) is 2.39. The Morgan fingerprint density at radius 2 is 1.84 bits per heavy atom. The van der Waals surface area contributed by atoms with Crippen LogP contribution in [0.1, 0.15) is 30.0 Å². The van der Waals surface area contributed by atoms with Crippen LogP contribution in [0.2, 0.25) is 5.15 Å². The fourth-order valence-electron chi connectivity index (χ4n) is 1.69. The fraction of sp³-hybridized carbons (Fsp3) is 0.188. The van der Waals surface area contributed by atoms with Crippen LogP contribution in [0.5, 0.6) is 0 Å². The SMILES string of the molecule is CCCc1ccc(C#Cc2ccc(Cl)nc2F)cc1. The number of halogens is 2. The largest absolute Gasteiger partial charge is 0.230 e. The van der Waals surface area contributed by atoms with Gasteiger partial charge in [-0.05, 0) is 36.2 Å². The van der Waals surface area contributed by atoms with Crippen molar-refractivity contribution in [2.45, 2.75) is 19.8 Å². The predicted molar refractivity (Wildman–Crippen MR) is 75.6 cm³/mol. The van der Waals surface area contributed by atoms with Crippen LogP contribution >= 0.6 is 11.6 Å². The van der Waals surface area contributed by atoms with Crippen LogP contribution in [0.4, 0.5) is 4.39 Å². The quantitative estimate of drug-likeness (QED) is 0.589. The minimum absolute atomic E-state index is 0.131. The van der Waals surface area contributed by atoms with Gasteiger partial charge >= 0.3 is 0 Å². The number of pyridine rings is 1. The van der Waals surface area contributed by atoms with Crippen LogP contribution in [0.25, 0.3) is 0 Å². The van der Waals surface area contributed by atoms with E-state index in [0.29, 0.717) is 0 Å². The summed E-state index contributed by atoms with van der Waals surface area (Å²) < 4.78 is 13.4. The van der Waals surface area contributed by atoms with Gasteiger partial charge in [-0.15, -0.1) is 0 Å². The van der Waals surface area contributed by atoms with E-state index in [1.807, 2.05) is 24.3 Å². The summed E-state index contributed by atoms with van der Waals surface area (Å²) >= 11 is 5.58. The summed E-state index contributed by atoms with van der Waals surface area (Å²) in [7, 11) is 0. The van der Waals surface area contributed by atoms with Crippen molar-refractivity contribution in [2.75, 3.05) is 0 Å². The van der Waals surface area contributed by atoms with Gasteiger partial charge in [-0.1, -0.05) is 48.9 Å². The molecular weight excluding hydrogens is 261 g/mol. The van der Waals surface area contributed by atoms with Crippen molar-refractivity contribution in [3.63, 3.8) is 0 Å². The number of benzene rings is 1. The minimum atomic E-state index is -0.636. The van der Waals surface area contributed by atoms with Gasteiger partial charge in [0.1, 0.15) is 5.15 Å². The molecule has 1 aromatic heterocycles. The van der Waals surface area contributed by atoms with Crippen molar-refractivity contribution in [2.24, 2.45) is 0 Å². The minimum Gasteiger partial charge on any atom is -0.207 e. The molecular formula is C16H13ClFN. The molecule has 0 fully saturated rings. The Morgan fingerprint density at radius 3 is 2.47 bits per heavy atom. The zero-order valence-corrected chi connectivity index (χ0v) is 11.3. The average molecular weight is 274 g/mol. The first-order valence-corrected chi connectivity index (χ1v) is 6.50. The van der Waals surface area contributed by atoms with Gasteiger partial charge in [-0.25, -0.2) is 4.98 Å². The molecule has 0 atom stereocenters. The molecule has 0 spiro atoms. The zero-order valence-electron chi connectivity index (χ0n) is 10.6. The standard InChI is InChI=1S/C16H13ClFN/c1-2-3-12-4-6-13(7-5-12)8-9-14-10-11-15(17)19-16(14)18/h4-7,10-11H,2-3H2,1H3. The van der Waals surface area contributed by atoms with E-state index in [0.717, 1.165) is 18.4 Å². The third-order valence-corrected chi connectivity index (χ3v) is 2.86. The van der Waals surface area contributed by atoms with Gasteiger partial charge in [0.05, 0.1) is 5.56 Å². The van der Waals surface area contributed by atoms with Gasteiger partial charge in [0, 0.05) is 5.56 Å². The van der Waals surface area contributed by atoms with Gasteiger partial charge < -0.3 is 0 Å². The lowest BCUT2D eigenvalue weighted by atomic mass is 10.1. The lowest BCUT2D eigenvalue weighted by Crippen LogP contribution is -1.89. The zero-order chi connectivity index (χ0) is 13.7. The maximum absolute atomic E-state index is 13.4. The fourth-order valence-corrected chi connectivity index (χ4v) is 1.83. The Balaban J connectivity index is 2.19. The number of hydrogen-bond acceptors (Lipinski definition) is 1. The molecule has 0 aliphatic rings. The van der Waals surface area contributed by atoms with Crippen LogP contribution in [0.3, 0.4) is 0 Å². The molecule has 1 aromatic carbocycles. The summed E-state index contributed by atoms with van der Waals surface area (Å²) in [5.74, 6) is 5.04. The summed E-state index contributed by atoms with van der Waals surface area (Å²) in [4.78, 5) is 3.52. The molecule has 2 aromatic rings. The Hall–Kier alpha value is -1.85. The van der Waals surface area contributed by atoms with E-state index >= 15 is 0 Å². The first-order valence-electron chi connectivity index (χ1n) is 6.12. The first kappa shape index (κ1) is 13.6. The van der Waals surface area contributed by atoms with Crippen LogP contribution in [0, 0.1) is 17.8 Å². The van der Waals surface area contributed by atoms with Gasteiger partial charge in [0.25, 0.3) is 0 Å². The van der Waals surface area contributed by atoms with Gasteiger partial charge in [-0.3, -0.25) is 0 Å². The second-order valence-electron chi connectivity index (χ2n) is 4.17. The average Bonchev–Trinajstić information content (AvgIpc) is 2.40. The highest BCUT2D eigenvalue weighted by Crippen LogP contribution is 2.10. The van der Waals surface area contributed by atoms with Crippen molar-refractivity contribution in [3.8, 4) is 11.8 Å². The van der Waals surface area contributed by atoms with Gasteiger partial charge in [0.15, 0.2) is 0 Å². The Kier molecular flexibility index (Phi) is 4.54. The summed E-state index contributed by atoms with van der Waals surface area (Å²) in [5, 5.41) is 0.131. The molecule has 0 aliphatic heterocycles. The van der Waals surface area contributed by atoms with Gasteiger partial charge in [-0.2, -0.15) is 4.39 Å². The molecule has 19 heavy (non-hydrogen) atoms. The second-order valence-corrected chi connectivity index (χ2v) is 4.56. The van der Waals surface area contributed by atoms with Crippen molar-refractivity contribution in [1.82, 2.24) is 4.98 Å². The highest BCUT2D eigenvalue weighted by Gasteiger charge is 2.00. The van der Waals surface area contributed by atoms with Crippen LogP contribution in [-0.4, -0.2) is 4.98 Å². The maximum atomic E-state index is 13.4. The highest BCUT2D eigenvalue weighted by atomic mass is 35.5. The molecule has 0 N–H and O–H groups in total. The van der Waals surface area contributed by atoms with E-state index in [1.54, 1.807) is 0 Å². The lowest BCUT2D eigenvalue weighted by molar-refractivity contribution is 0.580. The number of nitrogens with zero attached hydrogens (tertiary/aromatic N) is 1. The van der Waals surface area contributed by atoms with Crippen LogP contribution < -0.4 is 0 Å². The number of hydrogen-bond donors (Lipinski definition) is 0. The Morgan fingerprint density at radius 1 is 1.11 bits per heavy atom. The smallest absolute Gasteiger partial charge is 0.207 e. The molecule has 0 aliphatic carbocycles. The molecule has 96 valence electrons. The second kappa shape index (κ2) is 6.36. The highest BCUT2D eigenvalue weighted by molar-refractivity contribution is 6.29. The molecule has 0 bridgehead atoms. The summed E-state index contributed by atoms with van der Waals surface area (Å²) in [6.07, 6.45) is 2.18. The van der Waals surface area contributed by atoms with E-state index in [2.05, 4.69) is 23.7 Å². The van der Waals surface area contributed by atoms with E-state index in [9.17, 15) is 4.39 Å². The van der Waals surface area contributed by atoms with Crippen LogP contribution in [-0.2, 0) is 6.42 Å². The van der Waals surface area contributed by atoms with E-state index < -0.39 is 5.95 Å². The molecule has 0 unspecified atom stereocenters. The summed E-state index contributed by atoms with van der Waals surface area (Å²) in [6.45, 7) is 2.14. The number of rotatable bonds is 2. The normalized spacial score (nSPS) is 9.84. The third kappa shape index (κ3) is 3.81. The number of aryl methyl sites for hydroxylation is 1. The predicted octanol–water partition coefficient (Wildman–Crippen LogP) is 4.23. The number of aromatic nitrogens is 1. The maximum Gasteiger partial charge on any atom is 0.230 e. The molecule has 3 heteroatoms. The topological polar surface area (TPSA) is 12.9 Å². The van der Waals surface area contributed by atoms with Crippen LogP contribution in [0.15, 0.2) is 36.4 Å². The lowest BCUT2D eigenvalue weighted by Gasteiger charge is -1.97. The van der Waals surface area contributed by atoms with E-state index in [4.69, 9.17) is 11.6 Å². The van der Waals surface area contributed by atoms with Crippen molar-refractivity contribution in [3.05, 3.63) is 64.2 Å². The van der Waals surface area contributed by atoms with Crippen molar-refractivity contribution >= 4 is 11.6 Å². The molecule has 0 amide bonds. The molecule has 0 saturated carbocycles. The first-order chi connectivity index (χ1) is 9.19. The van der Waals surface area contributed by atoms with E-state index in [1.165, 1.54) is 17.7 Å². The van der Waals surface area contributed by atoms with Gasteiger partial charge in [0.2, 0.25) is 5.95 Å². The monoisotopic (exact) mass is 273 g/mol. The Bertz CT molecular complexity index is 623. The molecule has 2 rings (SSSR count). The third-order valence-electron chi connectivity index (χ3n) is 2.65. The molecule has 1 heterocycles. The Labute approximate surface area is 117 Å². The molecule has 0 saturated heterocycles. The molecule has 1 nitrogen and oxygen atoms in total. The van der Waals surface area contributed by atoms with Crippen molar-refractivity contribution < 1.29 is 4.39 Å². The molecule has 0 radical (unpaired) electrons. The summed E-state index contributed by atoms with van der Waals surface area (Å²) in [6, 6.07) is 11.0. The van der Waals surface area contributed by atoms with Crippen molar-refractivity contribution in [1.29, 1.82) is 0 Å².